The van der Waals surface area contributed by atoms with E-state index in [9.17, 15) is 18.0 Å². The summed E-state index contributed by atoms with van der Waals surface area (Å²) < 4.78 is 43.5. The van der Waals surface area contributed by atoms with E-state index in [0.717, 1.165) is 6.07 Å². The zero-order chi connectivity index (χ0) is 15.6. The van der Waals surface area contributed by atoms with E-state index >= 15 is 0 Å². The predicted molar refractivity (Wildman–Crippen MR) is 73.6 cm³/mol. The van der Waals surface area contributed by atoms with Crippen LogP contribution in [0.2, 0.25) is 0 Å². The molecule has 1 aromatic heterocycles. The smallest absolute Gasteiger partial charge is 0.417 e. The van der Waals surface area contributed by atoms with Gasteiger partial charge < -0.3 is 9.32 Å². The van der Waals surface area contributed by atoms with Crippen molar-refractivity contribution in [3.63, 3.8) is 0 Å². The summed E-state index contributed by atoms with van der Waals surface area (Å²) in [6.07, 6.45) is -3.05. The molecule has 0 N–H and O–H groups in total. The van der Waals surface area contributed by atoms with Crippen LogP contribution in [0.4, 0.5) is 13.2 Å². The van der Waals surface area contributed by atoms with Gasteiger partial charge in [0.05, 0.1) is 18.4 Å². The van der Waals surface area contributed by atoms with Crippen LogP contribution in [0.1, 0.15) is 21.7 Å². The van der Waals surface area contributed by atoms with Crippen LogP contribution in [0.5, 0.6) is 0 Å². The summed E-state index contributed by atoms with van der Waals surface area (Å²) in [5.41, 5.74) is -0.903. The quantitative estimate of drug-likeness (QED) is 0.814. The van der Waals surface area contributed by atoms with E-state index in [1.807, 2.05) is 0 Å². The van der Waals surface area contributed by atoms with E-state index in [-0.39, 0.29) is 16.6 Å². The molecule has 7 heteroatoms. The molecule has 0 aliphatic heterocycles. The second-order valence-corrected chi connectivity index (χ2v) is 5.29. The molecule has 0 aliphatic carbocycles. The number of hydrogen-bond donors (Lipinski definition) is 0. The molecule has 1 amide bonds. The number of carbonyl (C=O) groups excluding carboxylic acids is 1. The van der Waals surface area contributed by atoms with Crippen LogP contribution >= 0.6 is 15.9 Å². The molecule has 1 heterocycles. The number of amides is 1. The first kappa shape index (κ1) is 15.6. The SMILES string of the molecule is CN(Cc1ccco1)C(=O)c1ccc(Br)c(C(F)(F)F)c1. The molecule has 0 saturated carbocycles. The van der Waals surface area contributed by atoms with Crippen molar-refractivity contribution in [3.05, 3.63) is 58.0 Å². The Hall–Kier alpha value is -1.76. The van der Waals surface area contributed by atoms with Gasteiger partial charge in [0.2, 0.25) is 0 Å². The molecular formula is C14H11BrF3NO2. The van der Waals surface area contributed by atoms with Crippen molar-refractivity contribution in [2.45, 2.75) is 12.7 Å². The Bertz CT molecular complexity index is 638. The zero-order valence-electron chi connectivity index (χ0n) is 10.9. The van der Waals surface area contributed by atoms with Gasteiger partial charge in [-0.3, -0.25) is 4.79 Å². The molecule has 21 heavy (non-hydrogen) atoms. The molecule has 3 nitrogen and oxygen atoms in total. The molecule has 0 atom stereocenters. The van der Waals surface area contributed by atoms with Crippen LogP contribution < -0.4 is 0 Å². The molecule has 1 aromatic carbocycles. The Morgan fingerprint density at radius 1 is 1.33 bits per heavy atom. The molecule has 0 saturated heterocycles. The largest absolute Gasteiger partial charge is 0.467 e. The van der Waals surface area contributed by atoms with Gasteiger partial charge in [-0.05, 0) is 30.3 Å². The molecule has 112 valence electrons. The van der Waals surface area contributed by atoms with E-state index in [1.54, 1.807) is 12.1 Å². The molecule has 0 fully saturated rings. The van der Waals surface area contributed by atoms with Gasteiger partial charge in [-0.1, -0.05) is 15.9 Å². The topological polar surface area (TPSA) is 33.5 Å². The number of nitrogens with zero attached hydrogens (tertiary/aromatic N) is 1. The Morgan fingerprint density at radius 3 is 2.62 bits per heavy atom. The van der Waals surface area contributed by atoms with E-state index < -0.39 is 17.6 Å². The normalized spacial score (nSPS) is 11.5. The summed E-state index contributed by atoms with van der Waals surface area (Å²) in [7, 11) is 1.50. The lowest BCUT2D eigenvalue weighted by Crippen LogP contribution is -2.26. The lowest BCUT2D eigenvalue weighted by Gasteiger charge is -2.17. The maximum atomic E-state index is 12.8. The summed E-state index contributed by atoms with van der Waals surface area (Å²) in [5.74, 6) is 0.0448. The number of hydrogen-bond acceptors (Lipinski definition) is 2. The average Bonchev–Trinajstić information content (AvgIpc) is 2.90. The van der Waals surface area contributed by atoms with Crippen LogP contribution in [0.25, 0.3) is 0 Å². The van der Waals surface area contributed by atoms with Crippen LogP contribution in [0.15, 0.2) is 45.5 Å². The lowest BCUT2D eigenvalue weighted by atomic mass is 10.1. The average molecular weight is 362 g/mol. The molecule has 2 aromatic rings. The van der Waals surface area contributed by atoms with Crippen molar-refractivity contribution in [1.29, 1.82) is 0 Å². The van der Waals surface area contributed by atoms with Gasteiger partial charge in [0.25, 0.3) is 5.91 Å². The van der Waals surface area contributed by atoms with Crippen molar-refractivity contribution in [2.24, 2.45) is 0 Å². The van der Waals surface area contributed by atoms with Gasteiger partial charge in [-0.25, -0.2) is 0 Å². The first-order valence-corrected chi connectivity index (χ1v) is 6.73. The third kappa shape index (κ3) is 3.66. The fourth-order valence-electron chi connectivity index (χ4n) is 1.80. The highest BCUT2D eigenvalue weighted by molar-refractivity contribution is 9.10. The van der Waals surface area contributed by atoms with Gasteiger partial charge in [-0.15, -0.1) is 0 Å². The van der Waals surface area contributed by atoms with E-state index in [2.05, 4.69) is 15.9 Å². The van der Waals surface area contributed by atoms with E-state index in [4.69, 9.17) is 4.42 Å². The van der Waals surface area contributed by atoms with Gasteiger partial charge >= 0.3 is 6.18 Å². The first-order chi connectivity index (χ1) is 9.79. The van der Waals surface area contributed by atoms with Crippen LogP contribution in [-0.4, -0.2) is 17.9 Å². The van der Waals surface area contributed by atoms with Crippen molar-refractivity contribution in [1.82, 2.24) is 4.90 Å². The minimum atomic E-state index is -4.52. The number of halogens is 4. The van der Waals surface area contributed by atoms with Crippen molar-refractivity contribution in [2.75, 3.05) is 7.05 Å². The Kier molecular flexibility index (Phi) is 4.41. The Balaban J connectivity index is 2.23. The number of carbonyl (C=O) groups is 1. The molecule has 0 bridgehead atoms. The number of rotatable bonds is 3. The second kappa shape index (κ2) is 5.93. The third-order valence-electron chi connectivity index (χ3n) is 2.84. The van der Waals surface area contributed by atoms with Gasteiger partial charge in [-0.2, -0.15) is 13.2 Å². The van der Waals surface area contributed by atoms with Crippen molar-refractivity contribution < 1.29 is 22.4 Å². The minimum Gasteiger partial charge on any atom is -0.467 e. The number of furan rings is 1. The summed E-state index contributed by atoms with van der Waals surface area (Å²) >= 11 is 2.84. The van der Waals surface area contributed by atoms with Gasteiger partial charge in [0, 0.05) is 17.1 Å². The van der Waals surface area contributed by atoms with Crippen LogP contribution in [-0.2, 0) is 12.7 Å². The monoisotopic (exact) mass is 361 g/mol. The van der Waals surface area contributed by atoms with E-state index in [1.165, 1.54) is 30.3 Å². The molecule has 2 rings (SSSR count). The van der Waals surface area contributed by atoms with Crippen molar-refractivity contribution >= 4 is 21.8 Å². The maximum Gasteiger partial charge on any atom is 0.417 e. The molecular weight excluding hydrogens is 351 g/mol. The summed E-state index contributed by atoms with van der Waals surface area (Å²) in [6.45, 7) is 0.184. The number of alkyl halides is 3. The molecule has 0 aliphatic rings. The second-order valence-electron chi connectivity index (χ2n) is 4.43. The summed E-state index contributed by atoms with van der Waals surface area (Å²) in [5, 5.41) is 0. The number of benzene rings is 1. The Labute approximate surface area is 127 Å². The lowest BCUT2D eigenvalue weighted by molar-refractivity contribution is -0.138. The van der Waals surface area contributed by atoms with Crippen molar-refractivity contribution in [3.8, 4) is 0 Å². The van der Waals surface area contributed by atoms with Crippen LogP contribution in [0.3, 0.4) is 0 Å². The first-order valence-electron chi connectivity index (χ1n) is 5.93. The van der Waals surface area contributed by atoms with Gasteiger partial charge in [0.1, 0.15) is 5.76 Å². The minimum absolute atomic E-state index is 0.0282. The highest BCUT2D eigenvalue weighted by atomic mass is 79.9. The zero-order valence-corrected chi connectivity index (χ0v) is 12.5. The fourth-order valence-corrected chi connectivity index (χ4v) is 2.28. The highest BCUT2D eigenvalue weighted by Crippen LogP contribution is 2.35. The van der Waals surface area contributed by atoms with Gasteiger partial charge in [0.15, 0.2) is 0 Å². The fraction of sp³-hybridized carbons (Fsp3) is 0.214. The standard InChI is InChI=1S/C14H11BrF3NO2/c1-19(8-10-3-2-6-21-10)13(20)9-4-5-12(15)11(7-9)14(16,17)18/h2-7H,8H2,1H3. The summed E-state index contributed by atoms with van der Waals surface area (Å²) in [6, 6.07) is 6.77. The molecule has 0 spiro atoms. The van der Waals surface area contributed by atoms with E-state index in [0.29, 0.717) is 5.76 Å². The maximum absolute atomic E-state index is 12.8. The predicted octanol–water partition coefficient (Wildman–Crippen LogP) is 4.33. The molecule has 0 radical (unpaired) electrons. The molecule has 0 unspecified atom stereocenters. The third-order valence-corrected chi connectivity index (χ3v) is 3.53. The highest BCUT2D eigenvalue weighted by Gasteiger charge is 2.33. The Morgan fingerprint density at radius 2 is 2.05 bits per heavy atom. The summed E-state index contributed by atoms with van der Waals surface area (Å²) in [4.78, 5) is 13.5. The van der Waals surface area contributed by atoms with Crippen LogP contribution in [0, 0.1) is 0 Å².